The molecule has 0 saturated heterocycles. The molecule has 1 heterocycles. The summed E-state index contributed by atoms with van der Waals surface area (Å²) in [4.78, 5) is 9.49. The molecular formula is C18H23BrN4. The average molecular weight is 375 g/mol. The van der Waals surface area contributed by atoms with Gasteiger partial charge < -0.3 is 10.6 Å². The number of fused-ring (bicyclic) bond motifs is 1. The van der Waals surface area contributed by atoms with Gasteiger partial charge >= 0.3 is 0 Å². The first-order valence-electron chi connectivity index (χ1n) is 8.67. The highest BCUT2D eigenvalue weighted by atomic mass is 79.9. The molecule has 5 heteroatoms. The van der Waals surface area contributed by atoms with Crippen LogP contribution in [0.25, 0.3) is 10.9 Å². The zero-order chi connectivity index (χ0) is 15.8. The Kier molecular flexibility index (Phi) is 4.14. The molecule has 23 heavy (non-hydrogen) atoms. The molecule has 1 aromatic heterocycles. The van der Waals surface area contributed by atoms with Gasteiger partial charge in [0.1, 0.15) is 5.82 Å². The van der Waals surface area contributed by atoms with Crippen LogP contribution in [0.3, 0.4) is 0 Å². The lowest BCUT2D eigenvalue weighted by atomic mass is 9.85. The van der Waals surface area contributed by atoms with Crippen molar-refractivity contribution in [3.63, 3.8) is 0 Å². The Balaban J connectivity index is 1.64. The zero-order valence-corrected chi connectivity index (χ0v) is 15.1. The molecule has 2 aliphatic carbocycles. The van der Waals surface area contributed by atoms with Gasteiger partial charge in [0, 0.05) is 22.4 Å². The third-order valence-corrected chi connectivity index (χ3v) is 5.78. The summed E-state index contributed by atoms with van der Waals surface area (Å²) in [5.74, 6) is 3.27. The number of halogens is 1. The van der Waals surface area contributed by atoms with Crippen molar-refractivity contribution in [2.24, 2.45) is 11.8 Å². The second-order valence-corrected chi connectivity index (χ2v) is 7.83. The summed E-state index contributed by atoms with van der Waals surface area (Å²) < 4.78 is 1.02. The van der Waals surface area contributed by atoms with E-state index in [0.717, 1.165) is 45.5 Å². The van der Waals surface area contributed by atoms with Crippen molar-refractivity contribution >= 4 is 38.6 Å². The van der Waals surface area contributed by atoms with Gasteiger partial charge in [-0.25, -0.2) is 4.98 Å². The number of hydrogen-bond donors (Lipinski definition) is 2. The quantitative estimate of drug-likeness (QED) is 0.761. The fourth-order valence-corrected chi connectivity index (χ4v) is 3.62. The van der Waals surface area contributed by atoms with E-state index in [1.165, 1.54) is 32.1 Å². The van der Waals surface area contributed by atoms with E-state index in [0.29, 0.717) is 6.04 Å². The summed E-state index contributed by atoms with van der Waals surface area (Å²) in [6, 6.07) is 6.65. The van der Waals surface area contributed by atoms with Gasteiger partial charge in [0.25, 0.3) is 0 Å². The lowest BCUT2D eigenvalue weighted by molar-refractivity contribution is 0.333. The monoisotopic (exact) mass is 374 g/mol. The molecule has 122 valence electrons. The molecule has 0 radical (unpaired) electrons. The zero-order valence-electron chi connectivity index (χ0n) is 13.5. The molecule has 1 atom stereocenters. The van der Waals surface area contributed by atoms with Crippen LogP contribution in [-0.2, 0) is 0 Å². The van der Waals surface area contributed by atoms with Crippen molar-refractivity contribution in [2.75, 3.05) is 17.2 Å². The van der Waals surface area contributed by atoms with Crippen LogP contribution in [0.15, 0.2) is 22.7 Å². The Morgan fingerprint density at radius 1 is 1.22 bits per heavy atom. The minimum atomic E-state index is 0.464. The summed E-state index contributed by atoms with van der Waals surface area (Å²) in [7, 11) is 0. The van der Waals surface area contributed by atoms with Crippen LogP contribution in [-0.4, -0.2) is 22.6 Å². The fraction of sp³-hybridized carbons (Fsp3) is 0.556. The van der Waals surface area contributed by atoms with Crippen LogP contribution in [0.4, 0.5) is 11.8 Å². The standard InChI is InChI=1S/C18H23BrN4/c1-11(13-8-9-13)21-17-14-6-3-7-15(19)16(14)22-18(23-17)20-10-12-4-2-5-12/h3,6-7,11-13H,2,4-5,8-10H2,1H3,(H2,20,21,22,23)/t11-/m1/s1. The molecule has 1 aromatic carbocycles. The van der Waals surface area contributed by atoms with E-state index < -0.39 is 0 Å². The maximum atomic E-state index is 4.77. The second-order valence-electron chi connectivity index (χ2n) is 6.98. The van der Waals surface area contributed by atoms with E-state index in [1.807, 2.05) is 12.1 Å². The van der Waals surface area contributed by atoms with Crippen LogP contribution >= 0.6 is 15.9 Å². The molecule has 2 aromatic rings. The van der Waals surface area contributed by atoms with E-state index in [2.05, 4.69) is 39.6 Å². The maximum Gasteiger partial charge on any atom is 0.225 e. The maximum absolute atomic E-state index is 4.77. The topological polar surface area (TPSA) is 49.8 Å². The van der Waals surface area contributed by atoms with Gasteiger partial charge in [-0.3, -0.25) is 0 Å². The number of hydrogen-bond acceptors (Lipinski definition) is 4. The van der Waals surface area contributed by atoms with Crippen LogP contribution in [0.1, 0.15) is 39.0 Å². The van der Waals surface area contributed by atoms with E-state index >= 15 is 0 Å². The van der Waals surface area contributed by atoms with Crippen molar-refractivity contribution in [1.82, 2.24) is 9.97 Å². The normalized spacial score (nSPS) is 19.4. The largest absolute Gasteiger partial charge is 0.367 e. The lowest BCUT2D eigenvalue weighted by Crippen LogP contribution is -2.23. The number of anilines is 2. The summed E-state index contributed by atoms with van der Waals surface area (Å²) in [6.45, 7) is 3.23. The summed E-state index contributed by atoms with van der Waals surface area (Å²) in [5, 5.41) is 8.14. The van der Waals surface area contributed by atoms with Crippen LogP contribution in [0.2, 0.25) is 0 Å². The Bertz CT molecular complexity index is 709. The van der Waals surface area contributed by atoms with E-state index in [-0.39, 0.29) is 0 Å². The van der Waals surface area contributed by atoms with Gasteiger partial charge in [0.15, 0.2) is 0 Å². The summed E-state index contributed by atoms with van der Waals surface area (Å²) >= 11 is 3.63. The number of aromatic nitrogens is 2. The van der Waals surface area contributed by atoms with Crippen molar-refractivity contribution in [3.8, 4) is 0 Å². The molecule has 0 bridgehead atoms. The van der Waals surface area contributed by atoms with Crippen molar-refractivity contribution in [1.29, 1.82) is 0 Å². The lowest BCUT2D eigenvalue weighted by Gasteiger charge is -2.25. The molecule has 2 saturated carbocycles. The van der Waals surface area contributed by atoms with Gasteiger partial charge in [-0.2, -0.15) is 4.98 Å². The van der Waals surface area contributed by atoms with Crippen LogP contribution in [0, 0.1) is 11.8 Å². The van der Waals surface area contributed by atoms with Crippen LogP contribution in [0.5, 0.6) is 0 Å². The number of para-hydroxylation sites is 1. The van der Waals surface area contributed by atoms with Gasteiger partial charge in [-0.15, -0.1) is 0 Å². The van der Waals surface area contributed by atoms with Gasteiger partial charge in [0.2, 0.25) is 5.95 Å². The number of benzene rings is 1. The van der Waals surface area contributed by atoms with E-state index in [9.17, 15) is 0 Å². The SMILES string of the molecule is C[C@@H](Nc1nc(NCC2CCC2)nc2c(Br)cccc12)C1CC1. The second kappa shape index (κ2) is 6.27. The number of nitrogens with zero attached hydrogens (tertiary/aromatic N) is 2. The smallest absolute Gasteiger partial charge is 0.225 e. The molecule has 0 spiro atoms. The van der Waals surface area contributed by atoms with Crippen LogP contribution < -0.4 is 10.6 Å². The molecule has 2 aliphatic rings. The van der Waals surface area contributed by atoms with Gasteiger partial charge in [0.05, 0.1) is 5.52 Å². The molecule has 4 rings (SSSR count). The highest BCUT2D eigenvalue weighted by Gasteiger charge is 2.28. The highest BCUT2D eigenvalue weighted by molar-refractivity contribution is 9.10. The van der Waals surface area contributed by atoms with E-state index in [4.69, 9.17) is 9.97 Å². The first-order chi connectivity index (χ1) is 11.2. The molecule has 4 nitrogen and oxygen atoms in total. The van der Waals surface area contributed by atoms with Gasteiger partial charge in [-0.1, -0.05) is 12.5 Å². The average Bonchev–Trinajstić information content (AvgIpc) is 3.31. The Morgan fingerprint density at radius 2 is 2.04 bits per heavy atom. The van der Waals surface area contributed by atoms with Gasteiger partial charge in [-0.05, 0) is 72.5 Å². The Hall–Kier alpha value is -1.36. The summed E-state index contributed by atoms with van der Waals surface area (Å²) in [6.07, 6.45) is 6.67. The number of nitrogens with one attached hydrogen (secondary N) is 2. The Labute approximate surface area is 145 Å². The molecule has 2 N–H and O–H groups in total. The predicted octanol–water partition coefficient (Wildman–Crippen LogP) is 4.81. The first kappa shape index (κ1) is 15.2. The summed E-state index contributed by atoms with van der Waals surface area (Å²) in [5.41, 5.74) is 0.976. The van der Waals surface area contributed by atoms with Crippen molar-refractivity contribution in [2.45, 2.75) is 45.1 Å². The molecular weight excluding hydrogens is 352 g/mol. The minimum Gasteiger partial charge on any atom is -0.367 e. The molecule has 0 aliphatic heterocycles. The Morgan fingerprint density at radius 3 is 2.74 bits per heavy atom. The van der Waals surface area contributed by atoms with Crippen molar-refractivity contribution < 1.29 is 0 Å². The first-order valence-corrected chi connectivity index (χ1v) is 9.46. The molecule has 2 fully saturated rings. The molecule has 0 amide bonds. The third-order valence-electron chi connectivity index (χ3n) is 5.14. The molecule has 0 unspecified atom stereocenters. The third kappa shape index (κ3) is 3.30. The van der Waals surface area contributed by atoms with Crippen molar-refractivity contribution in [3.05, 3.63) is 22.7 Å². The highest BCUT2D eigenvalue weighted by Crippen LogP contribution is 2.35. The van der Waals surface area contributed by atoms with E-state index in [1.54, 1.807) is 0 Å². The minimum absolute atomic E-state index is 0.464. The fourth-order valence-electron chi connectivity index (χ4n) is 3.17. The number of rotatable bonds is 6. The predicted molar refractivity (Wildman–Crippen MR) is 98.9 cm³/mol.